The van der Waals surface area contributed by atoms with Crippen molar-refractivity contribution in [2.45, 2.75) is 57.9 Å². The number of nitrogens with two attached hydrogens (primary N) is 1. The molecule has 2 unspecified atom stereocenters. The Labute approximate surface area is 128 Å². The van der Waals surface area contributed by atoms with Crippen molar-refractivity contribution in [2.75, 3.05) is 13.1 Å². The summed E-state index contributed by atoms with van der Waals surface area (Å²) < 4.78 is 0. The lowest BCUT2D eigenvalue weighted by Crippen LogP contribution is -2.48. The minimum atomic E-state index is 0.0848. The highest BCUT2D eigenvalue weighted by molar-refractivity contribution is 5.76. The molecule has 3 heteroatoms. The van der Waals surface area contributed by atoms with Crippen molar-refractivity contribution in [3.05, 3.63) is 35.4 Å². The number of amides is 1. The fourth-order valence-electron chi connectivity index (χ4n) is 3.06. The molecule has 0 spiro atoms. The van der Waals surface area contributed by atoms with Crippen molar-refractivity contribution in [3.63, 3.8) is 0 Å². The third-order valence-electron chi connectivity index (χ3n) is 4.39. The lowest BCUT2D eigenvalue weighted by Gasteiger charge is -2.36. The van der Waals surface area contributed by atoms with E-state index in [9.17, 15) is 4.79 Å². The van der Waals surface area contributed by atoms with E-state index in [4.69, 9.17) is 5.73 Å². The molecule has 1 amide bonds. The Morgan fingerprint density at radius 2 is 1.86 bits per heavy atom. The molecule has 0 aliphatic carbocycles. The fourth-order valence-corrected chi connectivity index (χ4v) is 3.06. The van der Waals surface area contributed by atoms with Gasteiger partial charge in [0, 0.05) is 31.5 Å². The van der Waals surface area contributed by atoms with Gasteiger partial charge >= 0.3 is 0 Å². The van der Waals surface area contributed by atoms with Gasteiger partial charge in [0.1, 0.15) is 0 Å². The second-order valence-electron chi connectivity index (χ2n) is 7.22. The summed E-state index contributed by atoms with van der Waals surface area (Å²) in [4.78, 5) is 13.9. The van der Waals surface area contributed by atoms with Gasteiger partial charge in [-0.25, -0.2) is 0 Å². The molecule has 1 aromatic rings. The Bertz CT molecular complexity index is 487. The summed E-state index contributed by atoms with van der Waals surface area (Å²) in [5.74, 6) is 0.569. The van der Waals surface area contributed by atoms with Crippen LogP contribution in [0.15, 0.2) is 24.3 Å². The van der Waals surface area contributed by atoms with E-state index in [-0.39, 0.29) is 17.4 Å². The molecule has 116 valence electrons. The van der Waals surface area contributed by atoms with Crippen LogP contribution in [0.3, 0.4) is 0 Å². The van der Waals surface area contributed by atoms with Gasteiger partial charge in [-0.1, -0.05) is 52.0 Å². The molecule has 1 saturated heterocycles. The zero-order valence-electron chi connectivity index (χ0n) is 13.7. The van der Waals surface area contributed by atoms with Gasteiger partial charge in [0.05, 0.1) is 0 Å². The van der Waals surface area contributed by atoms with Gasteiger partial charge in [0.2, 0.25) is 5.91 Å². The zero-order valence-corrected chi connectivity index (χ0v) is 13.7. The van der Waals surface area contributed by atoms with Crippen molar-refractivity contribution >= 4 is 5.91 Å². The number of carbonyl (C=O) groups excluding carboxylic acids is 1. The molecule has 21 heavy (non-hydrogen) atoms. The van der Waals surface area contributed by atoms with E-state index in [2.05, 4.69) is 45.0 Å². The fraction of sp³-hybridized carbons (Fsp3) is 0.611. The Morgan fingerprint density at radius 1 is 1.24 bits per heavy atom. The summed E-state index contributed by atoms with van der Waals surface area (Å²) >= 11 is 0. The lowest BCUT2D eigenvalue weighted by molar-refractivity contribution is -0.132. The van der Waals surface area contributed by atoms with E-state index in [0.29, 0.717) is 18.9 Å². The van der Waals surface area contributed by atoms with Crippen LogP contribution >= 0.6 is 0 Å². The maximum absolute atomic E-state index is 11.9. The highest BCUT2D eigenvalue weighted by Gasteiger charge is 2.28. The van der Waals surface area contributed by atoms with E-state index in [0.717, 1.165) is 13.0 Å². The molecule has 1 fully saturated rings. The Balaban J connectivity index is 2.15. The Morgan fingerprint density at radius 3 is 2.38 bits per heavy atom. The molecule has 2 N–H and O–H groups in total. The van der Waals surface area contributed by atoms with Crippen LogP contribution in [0.25, 0.3) is 0 Å². The first-order valence-corrected chi connectivity index (χ1v) is 7.95. The minimum Gasteiger partial charge on any atom is -0.341 e. The number of nitrogens with zero attached hydrogens (tertiary/aromatic N) is 1. The van der Waals surface area contributed by atoms with Crippen LogP contribution in [0.4, 0.5) is 0 Å². The van der Waals surface area contributed by atoms with Gasteiger partial charge in [-0.2, -0.15) is 0 Å². The van der Waals surface area contributed by atoms with Gasteiger partial charge in [-0.05, 0) is 23.0 Å². The van der Waals surface area contributed by atoms with Crippen LogP contribution in [-0.2, 0) is 10.2 Å². The highest BCUT2D eigenvalue weighted by atomic mass is 16.2. The largest absolute Gasteiger partial charge is 0.341 e. The quantitative estimate of drug-likeness (QED) is 0.909. The van der Waals surface area contributed by atoms with E-state index >= 15 is 0 Å². The maximum atomic E-state index is 11.9. The highest BCUT2D eigenvalue weighted by Crippen LogP contribution is 2.29. The number of likely N-dealkylation sites (tertiary alicyclic amines) is 1. The maximum Gasteiger partial charge on any atom is 0.222 e. The molecule has 3 nitrogen and oxygen atoms in total. The van der Waals surface area contributed by atoms with Crippen LogP contribution in [0.1, 0.15) is 57.6 Å². The van der Waals surface area contributed by atoms with Crippen molar-refractivity contribution < 1.29 is 4.79 Å². The Hall–Kier alpha value is -1.35. The SMILES string of the molecule is CCC(=O)N1CC(N)CC(c2ccc(C(C)(C)C)cc2)C1. The summed E-state index contributed by atoms with van der Waals surface area (Å²) in [6, 6.07) is 8.92. The average Bonchev–Trinajstić information content (AvgIpc) is 2.45. The second kappa shape index (κ2) is 6.18. The van der Waals surface area contributed by atoms with Crippen LogP contribution in [0.5, 0.6) is 0 Å². The molecular formula is C18H28N2O. The van der Waals surface area contributed by atoms with E-state index < -0.39 is 0 Å². The van der Waals surface area contributed by atoms with Crippen LogP contribution in [0, 0.1) is 0 Å². The number of hydrogen-bond acceptors (Lipinski definition) is 2. The van der Waals surface area contributed by atoms with Gasteiger partial charge in [0.25, 0.3) is 0 Å². The van der Waals surface area contributed by atoms with E-state index in [1.165, 1.54) is 11.1 Å². The standard InChI is InChI=1S/C18H28N2O/c1-5-17(21)20-11-14(10-16(19)12-20)13-6-8-15(9-7-13)18(2,3)4/h6-9,14,16H,5,10-12,19H2,1-4H3. The van der Waals surface area contributed by atoms with Crippen LogP contribution in [-0.4, -0.2) is 29.9 Å². The molecule has 1 aromatic carbocycles. The number of rotatable bonds is 2. The van der Waals surface area contributed by atoms with E-state index in [1.54, 1.807) is 0 Å². The van der Waals surface area contributed by atoms with E-state index in [1.807, 2.05) is 11.8 Å². The van der Waals surface area contributed by atoms with Gasteiger partial charge < -0.3 is 10.6 Å². The van der Waals surface area contributed by atoms with Gasteiger partial charge in [0.15, 0.2) is 0 Å². The number of benzene rings is 1. The summed E-state index contributed by atoms with van der Waals surface area (Å²) in [6.45, 7) is 10.1. The van der Waals surface area contributed by atoms with Crippen molar-refractivity contribution in [3.8, 4) is 0 Å². The zero-order chi connectivity index (χ0) is 15.6. The second-order valence-corrected chi connectivity index (χ2v) is 7.22. The monoisotopic (exact) mass is 288 g/mol. The molecule has 0 radical (unpaired) electrons. The first-order valence-electron chi connectivity index (χ1n) is 7.95. The summed E-state index contributed by atoms with van der Waals surface area (Å²) in [5, 5.41) is 0. The molecule has 0 saturated carbocycles. The number of carbonyl (C=O) groups is 1. The molecule has 2 atom stereocenters. The summed E-state index contributed by atoms with van der Waals surface area (Å²) in [7, 11) is 0. The van der Waals surface area contributed by atoms with Gasteiger partial charge in [-0.3, -0.25) is 4.79 Å². The first kappa shape index (κ1) is 16.0. The van der Waals surface area contributed by atoms with Crippen molar-refractivity contribution in [1.29, 1.82) is 0 Å². The third kappa shape index (κ3) is 3.85. The summed E-state index contributed by atoms with van der Waals surface area (Å²) in [6.07, 6.45) is 1.52. The number of hydrogen-bond donors (Lipinski definition) is 1. The van der Waals surface area contributed by atoms with Crippen molar-refractivity contribution in [2.24, 2.45) is 5.73 Å². The smallest absolute Gasteiger partial charge is 0.222 e. The molecule has 2 rings (SSSR count). The number of piperidine rings is 1. The minimum absolute atomic E-state index is 0.0848. The first-order chi connectivity index (χ1) is 9.81. The molecule has 0 aromatic heterocycles. The molecular weight excluding hydrogens is 260 g/mol. The molecule has 1 aliphatic heterocycles. The van der Waals surface area contributed by atoms with Crippen LogP contribution in [0.2, 0.25) is 0 Å². The van der Waals surface area contributed by atoms with Crippen LogP contribution < -0.4 is 5.73 Å². The summed E-state index contributed by atoms with van der Waals surface area (Å²) in [5.41, 5.74) is 8.96. The molecule has 1 aliphatic rings. The normalized spacial score (nSPS) is 23.2. The van der Waals surface area contributed by atoms with Gasteiger partial charge in [-0.15, -0.1) is 0 Å². The average molecular weight is 288 g/mol. The molecule has 1 heterocycles. The molecule has 0 bridgehead atoms. The topological polar surface area (TPSA) is 46.3 Å². The predicted molar refractivity (Wildman–Crippen MR) is 87.3 cm³/mol. The Kier molecular flexibility index (Phi) is 4.72. The third-order valence-corrected chi connectivity index (χ3v) is 4.39. The van der Waals surface area contributed by atoms with Crippen molar-refractivity contribution in [1.82, 2.24) is 4.90 Å². The predicted octanol–water partition coefficient (Wildman–Crippen LogP) is 3.04. The lowest BCUT2D eigenvalue weighted by atomic mass is 9.83.